The Kier molecular flexibility index (Phi) is 18.7. The zero-order valence-corrected chi connectivity index (χ0v) is 30.3. The average molecular weight is 719 g/mol. The summed E-state index contributed by atoms with van der Waals surface area (Å²) in [7, 11) is 0. The lowest BCUT2D eigenvalue weighted by atomic mass is 9.92. The molecule has 0 amide bonds. The third-order valence-electron chi connectivity index (χ3n) is 8.61. The third kappa shape index (κ3) is 13.9. The van der Waals surface area contributed by atoms with E-state index in [0.717, 1.165) is 47.9 Å². The van der Waals surface area contributed by atoms with Crippen molar-refractivity contribution in [3.63, 3.8) is 0 Å². The highest BCUT2D eigenvalue weighted by molar-refractivity contribution is 5.88. The van der Waals surface area contributed by atoms with E-state index < -0.39 is 23.8 Å². The maximum Gasteiger partial charge on any atom is 0.333 e. The molecule has 10 heteroatoms. The van der Waals surface area contributed by atoms with Crippen LogP contribution in [0, 0.1) is 11.8 Å². The van der Waals surface area contributed by atoms with Crippen LogP contribution in [0.2, 0.25) is 0 Å². The van der Waals surface area contributed by atoms with E-state index >= 15 is 0 Å². The van der Waals surface area contributed by atoms with E-state index in [1.54, 1.807) is 0 Å². The van der Waals surface area contributed by atoms with Crippen LogP contribution in [0.3, 0.4) is 0 Å². The van der Waals surface area contributed by atoms with E-state index in [9.17, 15) is 30.0 Å². The van der Waals surface area contributed by atoms with Crippen LogP contribution in [0.4, 0.5) is 0 Å². The van der Waals surface area contributed by atoms with Gasteiger partial charge in [0.25, 0.3) is 0 Å². The first-order valence-corrected chi connectivity index (χ1v) is 17.9. The predicted octanol–water partition coefficient (Wildman–Crippen LogP) is 6.08. The first kappa shape index (κ1) is 41.9. The smallest absolute Gasteiger partial charge is 0.333 e. The number of carbonyl (C=O) groups is 2. The van der Waals surface area contributed by atoms with E-state index in [2.05, 4.69) is 38.3 Å². The largest absolute Gasteiger partial charge is 0.490 e. The molecule has 3 rings (SSSR count). The maximum atomic E-state index is 12.1. The van der Waals surface area contributed by atoms with Gasteiger partial charge in [-0.1, -0.05) is 81.8 Å². The normalized spacial score (nSPS) is 11.1. The van der Waals surface area contributed by atoms with E-state index in [0.29, 0.717) is 11.5 Å². The van der Waals surface area contributed by atoms with Crippen LogP contribution in [0.25, 0.3) is 22.3 Å². The van der Waals surface area contributed by atoms with Crippen molar-refractivity contribution in [2.45, 2.75) is 51.9 Å². The fourth-order valence-electron chi connectivity index (χ4n) is 5.51. The Labute approximate surface area is 307 Å². The van der Waals surface area contributed by atoms with Gasteiger partial charge in [0.15, 0.2) is 0 Å². The quantitative estimate of drug-likeness (QED) is 0.0461. The van der Waals surface area contributed by atoms with Crippen LogP contribution >= 0.6 is 0 Å². The molecule has 0 aliphatic heterocycles. The van der Waals surface area contributed by atoms with Gasteiger partial charge in [0, 0.05) is 49.4 Å². The Morgan fingerprint density at radius 3 is 1.52 bits per heavy atom. The van der Waals surface area contributed by atoms with Crippen molar-refractivity contribution in [1.82, 2.24) is 0 Å². The molecule has 10 nitrogen and oxygen atoms in total. The highest BCUT2D eigenvalue weighted by Gasteiger charge is 2.16. The summed E-state index contributed by atoms with van der Waals surface area (Å²) in [5.74, 6) is -0.716. The van der Waals surface area contributed by atoms with Crippen LogP contribution in [-0.2, 0) is 25.5 Å². The van der Waals surface area contributed by atoms with Crippen LogP contribution in [-0.4, -0.2) is 85.2 Å². The van der Waals surface area contributed by atoms with Gasteiger partial charge in [-0.05, 0) is 77.8 Å². The zero-order valence-electron chi connectivity index (χ0n) is 30.3. The molecule has 0 bridgehead atoms. The van der Waals surface area contributed by atoms with Crippen molar-refractivity contribution >= 4 is 11.9 Å². The number of hydrogen-bond acceptors (Lipinski definition) is 10. The molecular weight excluding hydrogens is 664 g/mol. The Balaban J connectivity index is 1.58. The molecule has 0 saturated heterocycles. The second-order valence-corrected chi connectivity index (χ2v) is 12.8. The van der Waals surface area contributed by atoms with Crippen molar-refractivity contribution in [2.24, 2.45) is 11.8 Å². The summed E-state index contributed by atoms with van der Waals surface area (Å²) >= 11 is 0. The van der Waals surface area contributed by atoms with Crippen LogP contribution in [0.15, 0.2) is 91.0 Å². The summed E-state index contributed by atoms with van der Waals surface area (Å²) in [6, 6.07) is 22.1. The number of benzene rings is 3. The van der Waals surface area contributed by atoms with Gasteiger partial charge in [-0.2, -0.15) is 0 Å². The van der Waals surface area contributed by atoms with E-state index in [4.69, 9.17) is 18.9 Å². The van der Waals surface area contributed by atoms with Crippen molar-refractivity contribution in [3.05, 3.63) is 96.6 Å². The average Bonchev–Trinajstić information content (AvgIpc) is 3.17. The van der Waals surface area contributed by atoms with Gasteiger partial charge >= 0.3 is 11.9 Å². The molecule has 4 N–H and O–H groups in total. The minimum absolute atomic E-state index is 0.0458. The van der Waals surface area contributed by atoms with Gasteiger partial charge in [-0.15, -0.1) is 0 Å². The molecule has 0 fully saturated rings. The fourth-order valence-corrected chi connectivity index (χ4v) is 5.51. The van der Waals surface area contributed by atoms with Gasteiger partial charge in [-0.25, -0.2) is 9.59 Å². The third-order valence-corrected chi connectivity index (χ3v) is 8.61. The Hall–Kier alpha value is -4.48. The summed E-state index contributed by atoms with van der Waals surface area (Å²) in [6.45, 7) is 9.08. The van der Waals surface area contributed by atoms with Crippen molar-refractivity contribution in [3.8, 4) is 33.8 Å². The van der Waals surface area contributed by atoms with Crippen LogP contribution in [0.1, 0.15) is 51.0 Å². The minimum atomic E-state index is -0.572. The lowest BCUT2D eigenvalue weighted by Crippen LogP contribution is -2.18. The minimum Gasteiger partial charge on any atom is -0.490 e. The number of esters is 2. The second-order valence-electron chi connectivity index (χ2n) is 12.8. The number of aryl methyl sites for hydroxylation is 1. The number of carbonyl (C=O) groups excluding carboxylic acids is 2. The molecule has 3 aromatic carbocycles. The summed E-state index contributed by atoms with van der Waals surface area (Å²) in [5, 5.41) is 36.8. The number of aliphatic hydroxyl groups is 4. The van der Waals surface area contributed by atoms with E-state index in [-0.39, 0.29) is 76.8 Å². The molecule has 0 heterocycles. The highest BCUT2D eigenvalue weighted by atomic mass is 16.6. The number of aliphatic hydroxyl groups excluding tert-OH is 4. The molecular formula is C42H54O10. The van der Waals surface area contributed by atoms with Gasteiger partial charge < -0.3 is 39.4 Å². The predicted molar refractivity (Wildman–Crippen MR) is 201 cm³/mol. The second kappa shape index (κ2) is 23.2. The Morgan fingerprint density at radius 1 is 0.596 bits per heavy atom. The molecule has 0 spiro atoms. The summed E-state index contributed by atoms with van der Waals surface area (Å²) in [5.41, 5.74) is 6.03. The fraction of sp³-hybridized carbons (Fsp3) is 0.429. The number of unbranched alkanes of at least 4 members (excludes halogenated alkanes) is 3. The highest BCUT2D eigenvalue weighted by Crippen LogP contribution is 2.32. The van der Waals surface area contributed by atoms with Crippen molar-refractivity contribution in [1.29, 1.82) is 0 Å². The molecule has 0 aliphatic carbocycles. The maximum absolute atomic E-state index is 12.1. The lowest BCUT2D eigenvalue weighted by Gasteiger charge is -2.15. The Morgan fingerprint density at radius 2 is 1.06 bits per heavy atom. The van der Waals surface area contributed by atoms with Crippen LogP contribution in [0.5, 0.6) is 11.5 Å². The van der Waals surface area contributed by atoms with Gasteiger partial charge in [0.05, 0.1) is 0 Å². The number of rotatable bonds is 25. The molecule has 52 heavy (non-hydrogen) atoms. The summed E-state index contributed by atoms with van der Waals surface area (Å²) < 4.78 is 22.0. The Bertz CT molecular complexity index is 1540. The number of hydrogen-bond donors (Lipinski definition) is 4. The van der Waals surface area contributed by atoms with Crippen LogP contribution < -0.4 is 9.47 Å². The summed E-state index contributed by atoms with van der Waals surface area (Å²) in [4.78, 5) is 24.3. The SMILES string of the molecule is C=C(CC(CO)CO)C(=O)OCCOc1ccc(-c2ccc(-c3ccc(OCCOC(=O)C(=C)CC(CO)CO)cc3)c(CCCCCC)c2)cc1. The molecule has 0 aliphatic rings. The zero-order chi connectivity index (χ0) is 37.7. The van der Waals surface area contributed by atoms with Gasteiger partial charge in [0.2, 0.25) is 0 Å². The molecule has 0 unspecified atom stereocenters. The topological polar surface area (TPSA) is 152 Å². The van der Waals surface area contributed by atoms with Gasteiger partial charge in [0.1, 0.15) is 37.9 Å². The van der Waals surface area contributed by atoms with Gasteiger partial charge in [-0.3, -0.25) is 0 Å². The molecule has 0 saturated carbocycles. The summed E-state index contributed by atoms with van der Waals surface area (Å²) in [6.07, 6.45) is 5.89. The first-order chi connectivity index (χ1) is 25.2. The number of ether oxygens (including phenoxy) is 4. The molecule has 3 aromatic rings. The van der Waals surface area contributed by atoms with Crippen molar-refractivity contribution < 1.29 is 49.0 Å². The van der Waals surface area contributed by atoms with E-state index in [1.807, 2.05) is 48.5 Å². The van der Waals surface area contributed by atoms with E-state index in [1.165, 1.54) is 12.0 Å². The monoisotopic (exact) mass is 718 g/mol. The van der Waals surface area contributed by atoms with Crippen molar-refractivity contribution in [2.75, 3.05) is 52.9 Å². The molecule has 0 aromatic heterocycles. The first-order valence-electron chi connectivity index (χ1n) is 17.9. The standard InChI is InChI=1S/C42H54O10/c1-4-5-6-7-8-37-25-36(34-9-14-38(15-10-34)49-19-21-51-41(47)30(2)23-32(26-43)27-44)13-18-40(37)35-11-16-39(17-12-35)50-20-22-52-42(48)31(3)24-33(28-45)29-46/h9-18,25,32-33,43-46H,2-8,19-24,26-29H2,1H3. The molecule has 0 radical (unpaired) electrons. The lowest BCUT2D eigenvalue weighted by molar-refractivity contribution is -0.140. The molecule has 282 valence electrons. The molecule has 0 atom stereocenters.